The molecule has 4 nitrogen and oxygen atoms in total. The number of unbranched alkanes of at least 4 members (excludes halogenated alkanes) is 2. The molecule has 2 aromatic heterocycles. The van der Waals surface area contributed by atoms with Gasteiger partial charge in [-0.1, -0.05) is 56.2 Å². The zero-order valence-corrected chi connectivity index (χ0v) is 17.1. The van der Waals surface area contributed by atoms with Crippen LogP contribution in [0.4, 0.5) is 5.69 Å². The Hall–Kier alpha value is -3.53. The minimum absolute atomic E-state index is 0.155. The number of hydrogen-bond donors (Lipinski definition) is 1. The molecule has 2 heterocycles. The van der Waals surface area contributed by atoms with Crippen molar-refractivity contribution in [1.29, 1.82) is 0 Å². The van der Waals surface area contributed by atoms with Gasteiger partial charge in [-0.25, -0.2) is 0 Å². The van der Waals surface area contributed by atoms with Crippen LogP contribution < -0.4 is 5.32 Å². The monoisotopic (exact) mass is 395 g/mol. The first kappa shape index (κ1) is 19.8. The Morgan fingerprint density at radius 1 is 0.900 bits per heavy atom. The first-order valence-electron chi connectivity index (χ1n) is 10.4. The summed E-state index contributed by atoms with van der Waals surface area (Å²) >= 11 is 0. The molecule has 0 radical (unpaired) electrons. The topological polar surface area (TPSA) is 54.9 Å². The van der Waals surface area contributed by atoms with Crippen LogP contribution in [0.25, 0.3) is 22.2 Å². The van der Waals surface area contributed by atoms with Crippen molar-refractivity contribution in [3.8, 4) is 11.3 Å². The second-order valence-corrected chi connectivity index (χ2v) is 7.46. The molecule has 0 atom stereocenters. The summed E-state index contributed by atoms with van der Waals surface area (Å²) in [6, 6.07) is 21.5. The van der Waals surface area contributed by atoms with Gasteiger partial charge in [0.25, 0.3) is 5.91 Å². The fourth-order valence-electron chi connectivity index (χ4n) is 3.46. The van der Waals surface area contributed by atoms with Gasteiger partial charge in [0, 0.05) is 22.7 Å². The highest BCUT2D eigenvalue weighted by Gasteiger charge is 2.08. The SMILES string of the molecule is CCCCCc1ccc(-c2ccc(C(=O)Nc3cnc4ccccc4c3)cc2)nc1. The third-order valence-corrected chi connectivity index (χ3v) is 5.18. The van der Waals surface area contributed by atoms with Crippen LogP contribution in [0.15, 0.2) is 79.1 Å². The summed E-state index contributed by atoms with van der Waals surface area (Å²) in [6.45, 7) is 2.21. The minimum Gasteiger partial charge on any atom is -0.321 e. The van der Waals surface area contributed by atoms with E-state index in [9.17, 15) is 4.79 Å². The first-order valence-corrected chi connectivity index (χ1v) is 10.4. The van der Waals surface area contributed by atoms with Crippen molar-refractivity contribution in [2.75, 3.05) is 5.32 Å². The van der Waals surface area contributed by atoms with Gasteiger partial charge in [-0.05, 0) is 48.7 Å². The van der Waals surface area contributed by atoms with Crippen molar-refractivity contribution in [1.82, 2.24) is 9.97 Å². The van der Waals surface area contributed by atoms with Crippen molar-refractivity contribution >= 4 is 22.5 Å². The van der Waals surface area contributed by atoms with E-state index in [1.54, 1.807) is 6.20 Å². The lowest BCUT2D eigenvalue weighted by atomic mass is 10.1. The number of fused-ring (bicyclic) bond motifs is 1. The Labute approximate surface area is 177 Å². The van der Waals surface area contributed by atoms with Crippen molar-refractivity contribution in [2.24, 2.45) is 0 Å². The van der Waals surface area contributed by atoms with Gasteiger partial charge in [-0.2, -0.15) is 0 Å². The molecule has 0 unspecified atom stereocenters. The Morgan fingerprint density at radius 2 is 1.73 bits per heavy atom. The van der Waals surface area contributed by atoms with E-state index < -0.39 is 0 Å². The Balaban J connectivity index is 1.42. The lowest BCUT2D eigenvalue weighted by molar-refractivity contribution is 0.102. The third-order valence-electron chi connectivity index (χ3n) is 5.18. The summed E-state index contributed by atoms with van der Waals surface area (Å²) in [4.78, 5) is 21.6. The first-order chi connectivity index (χ1) is 14.7. The van der Waals surface area contributed by atoms with E-state index in [0.717, 1.165) is 28.6 Å². The number of carbonyl (C=O) groups is 1. The maximum absolute atomic E-state index is 12.6. The van der Waals surface area contributed by atoms with Crippen LogP contribution in [-0.2, 0) is 6.42 Å². The van der Waals surface area contributed by atoms with Gasteiger partial charge in [0.05, 0.1) is 23.1 Å². The van der Waals surface area contributed by atoms with Crippen LogP contribution in [0.2, 0.25) is 0 Å². The molecular formula is C26H25N3O. The maximum Gasteiger partial charge on any atom is 0.255 e. The van der Waals surface area contributed by atoms with E-state index in [1.807, 2.05) is 60.8 Å². The number of benzene rings is 2. The molecule has 4 rings (SSSR count). The molecule has 30 heavy (non-hydrogen) atoms. The highest BCUT2D eigenvalue weighted by molar-refractivity contribution is 6.05. The highest BCUT2D eigenvalue weighted by Crippen LogP contribution is 2.20. The van der Waals surface area contributed by atoms with Crippen LogP contribution in [-0.4, -0.2) is 15.9 Å². The Kier molecular flexibility index (Phi) is 6.14. The van der Waals surface area contributed by atoms with Gasteiger partial charge in [-0.3, -0.25) is 14.8 Å². The van der Waals surface area contributed by atoms with Gasteiger partial charge in [-0.15, -0.1) is 0 Å². The molecule has 1 amide bonds. The van der Waals surface area contributed by atoms with Crippen LogP contribution in [0, 0.1) is 0 Å². The number of pyridine rings is 2. The van der Waals surface area contributed by atoms with Gasteiger partial charge < -0.3 is 5.32 Å². The van der Waals surface area contributed by atoms with Crippen LogP contribution in [0.5, 0.6) is 0 Å². The van der Waals surface area contributed by atoms with E-state index in [1.165, 1.54) is 24.8 Å². The number of nitrogens with zero attached hydrogens (tertiary/aromatic N) is 2. The number of hydrogen-bond acceptors (Lipinski definition) is 3. The fourth-order valence-corrected chi connectivity index (χ4v) is 3.46. The van der Waals surface area contributed by atoms with Crippen molar-refractivity contribution in [3.05, 3.63) is 90.3 Å². The predicted molar refractivity (Wildman–Crippen MR) is 123 cm³/mol. The van der Waals surface area contributed by atoms with Gasteiger partial charge in [0.15, 0.2) is 0 Å². The highest BCUT2D eigenvalue weighted by atomic mass is 16.1. The van der Waals surface area contributed by atoms with Crippen molar-refractivity contribution < 1.29 is 4.79 Å². The zero-order valence-electron chi connectivity index (χ0n) is 17.1. The van der Waals surface area contributed by atoms with Crippen LogP contribution in [0.1, 0.15) is 42.1 Å². The molecule has 0 saturated heterocycles. The van der Waals surface area contributed by atoms with Gasteiger partial charge in [0.2, 0.25) is 0 Å². The molecule has 0 fully saturated rings. The molecule has 0 spiro atoms. The smallest absolute Gasteiger partial charge is 0.255 e. The number of aromatic nitrogens is 2. The quantitative estimate of drug-likeness (QED) is 0.375. The average molecular weight is 396 g/mol. The Bertz CT molecular complexity index is 1140. The lowest BCUT2D eigenvalue weighted by Crippen LogP contribution is -2.11. The van der Waals surface area contributed by atoms with Crippen molar-refractivity contribution in [3.63, 3.8) is 0 Å². The van der Waals surface area contributed by atoms with Crippen LogP contribution in [0.3, 0.4) is 0 Å². The summed E-state index contributed by atoms with van der Waals surface area (Å²) in [5, 5.41) is 3.92. The average Bonchev–Trinajstić information content (AvgIpc) is 2.80. The number of amides is 1. The van der Waals surface area contributed by atoms with Gasteiger partial charge in [0.1, 0.15) is 0 Å². The van der Waals surface area contributed by atoms with Gasteiger partial charge >= 0.3 is 0 Å². The summed E-state index contributed by atoms with van der Waals surface area (Å²) in [7, 11) is 0. The molecule has 2 aromatic carbocycles. The molecule has 1 N–H and O–H groups in total. The van der Waals surface area contributed by atoms with E-state index >= 15 is 0 Å². The molecule has 0 aliphatic rings. The molecule has 150 valence electrons. The Morgan fingerprint density at radius 3 is 2.50 bits per heavy atom. The molecule has 4 heteroatoms. The summed E-state index contributed by atoms with van der Waals surface area (Å²) in [5.41, 5.74) is 5.38. The predicted octanol–water partition coefficient (Wildman–Crippen LogP) is 6.28. The van der Waals surface area contributed by atoms with Crippen molar-refractivity contribution in [2.45, 2.75) is 32.6 Å². The van der Waals surface area contributed by atoms with Crippen LogP contribution >= 0.6 is 0 Å². The summed E-state index contributed by atoms with van der Waals surface area (Å²) < 4.78 is 0. The molecule has 0 bridgehead atoms. The molecule has 4 aromatic rings. The maximum atomic E-state index is 12.6. The molecule has 0 aliphatic carbocycles. The molecular weight excluding hydrogens is 370 g/mol. The number of carbonyl (C=O) groups excluding carboxylic acids is 1. The third kappa shape index (κ3) is 4.71. The summed E-state index contributed by atoms with van der Waals surface area (Å²) in [5.74, 6) is -0.155. The molecule has 0 saturated carbocycles. The van der Waals surface area contributed by atoms with E-state index in [0.29, 0.717) is 11.3 Å². The lowest BCUT2D eigenvalue weighted by Gasteiger charge is -2.08. The second-order valence-electron chi connectivity index (χ2n) is 7.46. The second kappa shape index (κ2) is 9.31. The van der Waals surface area contributed by atoms with E-state index in [4.69, 9.17) is 0 Å². The molecule has 0 aliphatic heterocycles. The number of aryl methyl sites for hydroxylation is 1. The number of rotatable bonds is 7. The number of para-hydroxylation sites is 1. The largest absolute Gasteiger partial charge is 0.321 e. The number of nitrogens with one attached hydrogen (secondary N) is 1. The standard InChI is InChI=1S/C26H25N3O/c1-2-3-4-7-19-10-15-25(27-17-19)20-11-13-21(14-12-20)26(30)29-23-16-22-8-5-6-9-24(22)28-18-23/h5-6,8-18H,2-4,7H2,1H3,(H,29,30). The minimum atomic E-state index is -0.155. The number of anilines is 1. The fraction of sp³-hybridized carbons (Fsp3) is 0.192. The summed E-state index contributed by atoms with van der Waals surface area (Å²) in [6.07, 6.45) is 8.39. The zero-order chi connectivity index (χ0) is 20.8. The normalized spacial score (nSPS) is 10.8. The van der Waals surface area contributed by atoms with E-state index in [-0.39, 0.29) is 5.91 Å². The van der Waals surface area contributed by atoms with E-state index in [2.05, 4.69) is 34.3 Å².